The molecule has 0 aliphatic carbocycles. The fourth-order valence-electron chi connectivity index (χ4n) is 1.15. The van der Waals surface area contributed by atoms with Gasteiger partial charge in [0, 0.05) is 78.2 Å². The van der Waals surface area contributed by atoms with Gasteiger partial charge in [0.25, 0.3) is 0 Å². The Morgan fingerprint density at radius 1 is 1.26 bits per heavy atom. The number of nitrogens with one attached hydrogen (secondary N) is 1. The molecule has 1 amide bonds. The molecule has 1 radical (unpaired) electrons. The zero-order valence-electron chi connectivity index (χ0n) is 10.7. The average Bonchev–Trinajstić information content (AvgIpc) is 2.16. The van der Waals surface area contributed by atoms with Crippen LogP contribution < -0.4 is 5.32 Å². The van der Waals surface area contributed by atoms with E-state index in [4.69, 9.17) is 0 Å². The molecule has 0 aromatic carbocycles. The van der Waals surface area contributed by atoms with Crippen LogP contribution in [0, 0.1) is 6.92 Å². The molecule has 1 N–H and O–H groups in total. The van der Waals surface area contributed by atoms with Gasteiger partial charge >= 0.3 is 0 Å². The van der Waals surface area contributed by atoms with Crippen LogP contribution in [0.15, 0.2) is 0 Å². The van der Waals surface area contributed by atoms with E-state index in [1.54, 1.807) is 0 Å². The molecular weight excluding hydrogens is 511 g/mol. The number of amides is 1. The van der Waals surface area contributed by atoms with E-state index in [-0.39, 0.29) is 85.1 Å². The van der Waals surface area contributed by atoms with Crippen molar-refractivity contribution >= 4 is 29.2 Å². The molecule has 1 atom stereocenters. The van der Waals surface area contributed by atoms with E-state index in [2.05, 4.69) is 12.2 Å². The van der Waals surface area contributed by atoms with Gasteiger partial charge in [-0.3, -0.25) is 4.79 Å². The van der Waals surface area contributed by atoms with Crippen molar-refractivity contribution in [2.45, 2.75) is 39.7 Å². The summed E-state index contributed by atoms with van der Waals surface area (Å²) in [5.41, 5.74) is 0. The van der Waals surface area contributed by atoms with E-state index in [1.807, 2.05) is 6.26 Å². The number of thioether (sulfide) groups is 1. The summed E-state index contributed by atoms with van der Waals surface area (Å²) in [6.07, 6.45) is 3.06. The van der Waals surface area contributed by atoms with Gasteiger partial charge in [-0.05, 0) is 19.6 Å². The van der Waals surface area contributed by atoms with Crippen LogP contribution in [0.1, 0.15) is 33.6 Å². The number of carbonyl (C=O) groups is 3. The summed E-state index contributed by atoms with van der Waals surface area (Å²) < 4.78 is 0. The van der Waals surface area contributed by atoms with Crippen molar-refractivity contribution in [3.8, 4) is 0 Å². The summed E-state index contributed by atoms with van der Waals surface area (Å²) >= 11 is 1.48. The number of hydrogen-bond acceptors (Lipinski definition) is 4. The van der Waals surface area contributed by atoms with Crippen molar-refractivity contribution in [2.75, 3.05) is 12.0 Å². The quantitative estimate of drug-likeness (QED) is 0.483. The molecule has 0 heterocycles. The van der Waals surface area contributed by atoms with Crippen LogP contribution in [0.2, 0.25) is 0 Å². The molecule has 0 aromatic heterocycles. The maximum absolute atomic E-state index is 11.4. The van der Waals surface area contributed by atoms with Gasteiger partial charge in [-0.1, -0.05) is 7.43 Å². The second-order valence-electron chi connectivity index (χ2n) is 3.60. The van der Waals surface area contributed by atoms with E-state index in [9.17, 15) is 14.4 Å². The van der Waals surface area contributed by atoms with Gasteiger partial charge in [0.2, 0.25) is 5.91 Å². The Bertz CT molecular complexity index is 278. The molecule has 0 aliphatic heterocycles. The van der Waals surface area contributed by atoms with Crippen LogP contribution in [0.25, 0.3) is 0 Å². The third-order valence-corrected chi connectivity index (χ3v) is 2.66. The number of Topliss-reactive ketones (excluding diaryl/α,β-unsaturated/α-hetero) is 2. The molecular formula is C12H22NO3SWY-. The third kappa shape index (κ3) is 16.8. The topological polar surface area (TPSA) is 63.2 Å². The van der Waals surface area contributed by atoms with Crippen molar-refractivity contribution in [3.05, 3.63) is 6.92 Å². The summed E-state index contributed by atoms with van der Waals surface area (Å²) in [5.74, 6) is 0.120. The van der Waals surface area contributed by atoms with Gasteiger partial charge in [-0.15, -0.1) is 0 Å². The standard InChI is InChI=1S/C11H18NO3S.CH4.W.Y/c1-8(13)5-4-6-11(15)12-10(7-16-3)9(2)14;;;/h10H,2,4-7H2,1,3H3,(H,12,15);1H4;;/q-1;;;. The van der Waals surface area contributed by atoms with Crippen molar-refractivity contribution in [1.29, 1.82) is 0 Å². The van der Waals surface area contributed by atoms with Crippen LogP contribution in [0.5, 0.6) is 0 Å². The van der Waals surface area contributed by atoms with E-state index >= 15 is 0 Å². The Kier molecular flexibility index (Phi) is 24.9. The van der Waals surface area contributed by atoms with E-state index in [1.165, 1.54) is 18.7 Å². The van der Waals surface area contributed by atoms with Crippen LogP contribution in [-0.2, 0) is 68.2 Å². The van der Waals surface area contributed by atoms with E-state index in [0.29, 0.717) is 18.6 Å². The Balaban J connectivity index is -0.000000375. The first kappa shape index (κ1) is 28.1. The Hall–Kier alpha value is 0.822. The summed E-state index contributed by atoms with van der Waals surface area (Å²) in [5, 5.41) is 2.61. The van der Waals surface area contributed by atoms with Gasteiger partial charge in [0.1, 0.15) is 5.78 Å². The maximum Gasteiger partial charge on any atom is 0.220 e. The van der Waals surface area contributed by atoms with Gasteiger partial charge in [0.15, 0.2) is 0 Å². The largest absolute Gasteiger partial charge is 0.348 e. The van der Waals surface area contributed by atoms with Crippen molar-refractivity contribution < 1.29 is 68.2 Å². The number of rotatable bonds is 8. The fraction of sp³-hybridized carbons (Fsp3) is 0.667. The Morgan fingerprint density at radius 3 is 2.16 bits per heavy atom. The first-order chi connectivity index (χ1) is 7.47. The summed E-state index contributed by atoms with van der Waals surface area (Å²) in [7, 11) is 0. The SMILES string of the molecule is C.[CH2-]C(=O)C(CSC)NC(=O)CCCC(C)=O.[W].[Y]. The summed E-state index contributed by atoms with van der Waals surface area (Å²) in [6, 6.07) is -0.514. The van der Waals surface area contributed by atoms with Crippen LogP contribution >= 0.6 is 11.8 Å². The summed E-state index contributed by atoms with van der Waals surface area (Å²) in [4.78, 5) is 33.1. The third-order valence-electron chi connectivity index (χ3n) is 1.99. The van der Waals surface area contributed by atoms with Gasteiger partial charge in [-0.25, -0.2) is 0 Å². The number of hydrogen-bond donors (Lipinski definition) is 1. The van der Waals surface area contributed by atoms with E-state index < -0.39 is 6.04 Å². The minimum absolute atomic E-state index is 0. The monoisotopic (exact) mass is 533 g/mol. The molecule has 0 fully saturated rings. The van der Waals surface area contributed by atoms with Crippen molar-refractivity contribution in [2.24, 2.45) is 0 Å². The molecule has 19 heavy (non-hydrogen) atoms. The first-order valence-electron chi connectivity index (χ1n) is 5.11. The van der Waals surface area contributed by atoms with Gasteiger partial charge < -0.3 is 21.8 Å². The number of ketones is 2. The second kappa shape index (κ2) is 16.9. The molecule has 0 rings (SSSR count). The van der Waals surface area contributed by atoms with Gasteiger partial charge in [0.05, 0.1) is 6.04 Å². The van der Waals surface area contributed by atoms with Crippen LogP contribution in [-0.4, -0.2) is 35.5 Å². The predicted octanol–water partition coefficient (Wildman–Crippen LogP) is 1.63. The molecule has 7 heteroatoms. The minimum Gasteiger partial charge on any atom is -0.348 e. The van der Waals surface area contributed by atoms with Crippen molar-refractivity contribution in [1.82, 2.24) is 5.32 Å². The Morgan fingerprint density at radius 2 is 1.79 bits per heavy atom. The van der Waals surface area contributed by atoms with Crippen LogP contribution in [0.3, 0.4) is 0 Å². The zero-order valence-corrected chi connectivity index (χ0v) is 17.3. The normalized spacial score (nSPS) is 10.0. The molecule has 109 valence electrons. The average molecular weight is 533 g/mol. The molecule has 4 nitrogen and oxygen atoms in total. The first-order valence-corrected chi connectivity index (χ1v) is 6.50. The molecule has 0 saturated heterocycles. The molecule has 1 unspecified atom stereocenters. The zero-order chi connectivity index (χ0) is 12.6. The van der Waals surface area contributed by atoms with E-state index in [0.717, 1.165) is 0 Å². The van der Waals surface area contributed by atoms with Crippen molar-refractivity contribution in [3.63, 3.8) is 0 Å². The number of carbonyl (C=O) groups excluding carboxylic acids is 3. The molecule has 0 saturated carbocycles. The molecule has 0 bridgehead atoms. The molecule has 0 spiro atoms. The fourth-order valence-corrected chi connectivity index (χ4v) is 1.75. The molecule has 0 aliphatic rings. The van der Waals surface area contributed by atoms with Crippen LogP contribution in [0.4, 0.5) is 0 Å². The second-order valence-corrected chi connectivity index (χ2v) is 4.51. The smallest absolute Gasteiger partial charge is 0.220 e. The minimum atomic E-state index is -0.514. The van der Waals surface area contributed by atoms with Gasteiger partial charge in [-0.2, -0.15) is 11.8 Å². The maximum atomic E-state index is 11.4. The predicted molar refractivity (Wildman–Crippen MR) is 71.9 cm³/mol. The Labute approximate surface area is 160 Å². The molecule has 0 aromatic rings. The summed E-state index contributed by atoms with van der Waals surface area (Å²) in [6.45, 7) is 4.79.